The third-order valence-corrected chi connectivity index (χ3v) is 2.63. The van der Waals surface area contributed by atoms with E-state index in [1.54, 1.807) is 6.20 Å². The molecule has 1 aromatic rings. The Hall–Kier alpha value is -1.36. The van der Waals surface area contributed by atoms with Crippen LogP contribution in [-0.4, -0.2) is 39.3 Å². The lowest BCUT2D eigenvalue weighted by molar-refractivity contribution is -0.137. The zero-order valence-electron chi connectivity index (χ0n) is 9.34. The molecule has 0 radical (unpaired) electrons. The number of carboxylic acids is 1. The fourth-order valence-corrected chi connectivity index (χ4v) is 1.49. The van der Waals surface area contributed by atoms with Gasteiger partial charge >= 0.3 is 5.97 Å². The van der Waals surface area contributed by atoms with Crippen molar-refractivity contribution in [2.45, 2.75) is 19.4 Å². The van der Waals surface area contributed by atoms with E-state index >= 15 is 0 Å². The normalized spacial score (nSPS) is 13.1. The first kappa shape index (κ1) is 11.7. The van der Waals surface area contributed by atoms with E-state index in [1.807, 2.05) is 36.7 Å². The maximum absolute atomic E-state index is 10.4. The predicted octanol–water partition coefficient (Wildman–Crippen LogP) is 0.888. The summed E-state index contributed by atoms with van der Waals surface area (Å²) in [7, 11) is 3.80. The number of hydrogen-bond acceptors (Lipinski definition) is 3. The molecule has 1 N–H and O–H groups in total. The molecular formula is C10H17N3O2. The Morgan fingerprint density at radius 2 is 2.40 bits per heavy atom. The number of carboxylic acid groups (broad SMARTS) is 1. The second kappa shape index (κ2) is 4.93. The number of aryl methyl sites for hydroxylation is 1. The zero-order valence-corrected chi connectivity index (χ0v) is 9.34. The van der Waals surface area contributed by atoms with Crippen LogP contribution in [-0.2, 0) is 11.8 Å². The van der Waals surface area contributed by atoms with Gasteiger partial charge in [-0.3, -0.25) is 14.4 Å². The zero-order chi connectivity index (χ0) is 11.4. The maximum atomic E-state index is 10.4. The average molecular weight is 211 g/mol. The topological polar surface area (TPSA) is 58.4 Å². The van der Waals surface area contributed by atoms with Crippen LogP contribution < -0.4 is 0 Å². The van der Waals surface area contributed by atoms with Crippen LogP contribution in [0.15, 0.2) is 12.3 Å². The highest BCUT2D eigenvalue weighted by Crippen LogP contribution is 2.17. The lowest BCUT2D eigenvalue weighted by Gasteiger charge is -2.23. The van der Waals surface area contributed by atoms with Crippen LogP contribution in [0, 0.1) is 0 Å². The molecule has 5 heteroatoms. The molecule has 1 aromatic heterocycles. The van der Waals surface area contributed by atoms with E-state index in [1.165, 1.54) is 0 Å². The van der Waals surface area contributed by atoms with Gasteiger partial charge in [-0.25, -0.2) is 0 Å². The van der Waals surface area contributed by atoms with Gasteiger partial charge in [-0.05, 0) is 20.0 Å². The summed E-state index contributed by atoms with van der Waals surface area (Å²) in [6.07, 6.45) is 1.91. The van der Waals surface area contributed by atoms with Crippen molar-refractivity contribution in [3.05, 3.63) is 18.0 Å². The third kappa shape index (κ3) is 3.06. The summed E-state index contributed by atoms with van der Waals surface area (Å²) in [4.78, 5) is 12.4. The lowest BCUT2D eigenvalue weighted by Crippen LogP contribution is -2.26. The quantitative estimate of drug-likeness (QED) is 0.785. The number of hydrogen-bond donors (Lipinski definition) is 1. The van der Waals surface area contributed by atoms with Crippen molar-refractivity contribution in [2.75, 3.05) is 13.6 Å². The predicted molar refractivity (Wildman–Crippen MR) is 56.5 cm³/mol. The minimum atomic E-state index is -0.765. The minimum Gasteiger partial charge on any atom is -0.481 e. The fraction of sp³-hybridized carbons (Fsp3) is 0.600. The van der Waals surface area contributed by atoms with Gasteiger partial charge in [0.25, 0.3) is 0 Å². The Morgan fingerprint density at radius 3 is 2.87 bits per heavy atom. The van der Waals surface area contributed by atoms with E-state index in [4.69, 9.17) is 5.11 Å². The van der Waals surface area contributed by atoms with Gasteiger partial charge in [-0.15, -0.1) is 0 Å². The van der Waals surface area contributed by atoms with Crippen molar-refractivity contribution in [2.24, 2.45) is 7.05 Å². The molecule has 1 unspecified atom stereocenters. The van der Waals surface area contributed by atoms with Gasteiger partial charge in [-0.1, -0.05) is 0 Å². The average Bonchev–Trinajstić information content (AvgIpc) is 2.59. The van der Waals surface area contributed by atoms with Crippen molar-refractivity contribution in [3.8, 4) is 0 Å². The molecule has 1 heterocycles. The largest absolute Gasteiger partial charge is 0.481 e. The van der Waals surface area contributed by atoms with Crippen LogP contribution in [0.25, 0.3) is 0 Å². The standard InChI is InChI=1S/C10H17N3O2/c1-8(9-4-6-11-13(9)3)12(2)7-5-10(14)15/h4,6,8H,5,7H2,1-3H3,(H,14,15). The van der Waals surface area contributed by atoms with Gasteiger partial charge in [0.05, 0.1) is 12.1 Å². The van der Waals surface area contributed by atoms with Gasteiger partial charge in [-0.2, -0.15) is 5.10 Å². The minimum absolute atomic E-state index is 0.165. The number of nitrogens with zero attached hydrogens (tertiary/aromatic N) is 3. The van der Waals surface area contributed by atoms with Crippen LogP contribution in [0.5, 0.6) is 0 Å². The summed E-state index contributed by atoms with van der Waals surface area (Å²) in [6, 6.07) is 2.12. The van der Waals surface area contributed by atoms with E-state index in [0.717, 1.165) is 5.69 Å². The summed E-state index contributed by atoms with van der Waals surface area (Å²) in [5, 5.41) is 12.7. The Kier molecular flexibility index (Phi) is 3.85. The molecule has 0 amide bonds. The molecule has 1 atom stereocenters. The van der Waals surface area contributed by atoms with Gasteiger partial charge < -0.3 is 5.11 Å². The molecule has 0 aliphatic heterocycles. The van der Waals surface area contributed by atoms with E-state index in [0.29, 0.717) is 6.54 Å². The Morgan fingerprint density at radius 1 is 1.73 bits per heavy atom. The summed E-state index contributed by atoms with van der Waals surface area (Å²) in [5.74, 6) is -0.765. The van der Waals surface area contributed by atoms with Crippen molar-refractivity contribution in [3.63, 3.8) is 0 Å². The lowest BCUT2D eigenvalue weighted by atomic mass is 10.2. The summed E-state index contributed by atoms with van der Waals surface area (Å²) in [5.41, 5.74) is 1.09. The highest BCUT2D eigenvalue weighted by molar-refractivity contribution is 5.66. The van der Waals surface area contributed by atoms with Gasteiger partial charge in [0.1, 0.15) is 0 Å². The van der Waals surface area contributed by atoms with E-state index in [9.17, 15) is 4.79 Å². The number of carbonyl (C=O) groups is 1. The van der Waals surface area contributed by atoms with E-state index < -0.39 is 5.97 Å². The molecule has 15 heavy (non-hydrogen) atoms. The van der Waals surface area contributed by atoms with Crippen LogP contribution in [0.1, 0.15) is 25.1 Å². The molecule has 0 aromatic carbocycles. The maximum Gasteiger partial charge on any atom is 0.304 e. The summed E-state index contributed by atoms with van der Waals surface area (Å²) >= 11 is 0. The Labute approximate surface area is 89.3 Å². The van der Waals surface area contributed by atoms with Crippen LogP contribution in [0.2, 0.25) is 0 Å². The Balaban J connectivity index is 2.57. The van der Waals surface area contributed by atoms with E-state index in [-0.39, 0.29) is 12.5 Å². The molecule has 1 rings (SSSR count). The van der Waals surface area contributed by atoms with Crippen molar-refractivity contribution in [1.29, 1.82) is 0 Å². The first-order valence-electron chi connectivity index (χ1n) is 4.92. The molecule has 0 spiro atoms. The molecule has 0 aliphatic rings. The second-order valence-electron chi connectivity index (χ2n) is 3.68. The van der Waals surface area contributed by atoms with Gasteiger partial charge in [0, 0.05) is 25.8 Å². The molecule has 0 saturated carbocycles. The summed E-state index contributed by atoms with van der Waals surface area (Å²) < 4.78 is 1.81. The fourth-order valence-electron chi connectivity index (χ4n) is 1.49. The molecule has 0 bridgehead atoms. The number of rotatable bonds is 5. The summed E-state index contributed by atoms with van der Waals surface area (Å²) in [6.45, 7) is 2.58. The second-order valence-corrected chi connectivity index (χ2v) is 3.68. The molecule has 0 aliphatic carbocycles. The smallest absolute Gasteiger partial charge is 0.304 e. The van der Waals surface area contributed by atoms with E-state index in [2.05, 4.69) is 5.10 Å². The molecule has 0 fully saturated rings. The first-order valence-corrected chi connectivity index (χ1v) is 4.92. The molecule has 5 nitrogen and oxygen atoms in total. The number of aromatic nitrogens is 2. The highest BCUT2D eigenvalue weighted by Gasteiger charge is 2.15. The third-order valence-electron chi connectivity index (χ3n) is 2.63. The first-order chi connectivity index (χ1) is 7.02. The number of aliphatic carboxylic acids is 1. The monoisotopic (exact) mass is 211 g/mol. The van der Waals surface area contributed by atoms with Crippen molar-refractivity contribution >= 4 is 5.97 Å². The van der Waals surface area contributed by atoms with Crippen molar-refractivity contribution in [1.82, 2.24) is 14.7 Å². The molecule has 84 valence electrons. The van der Waals surface area contributed by atoms with Crippen LogP contribution >= 0.6 is 0 Å². The Bertz CT molecular complexity index is 335. The van der Waals surface area contributed by atoms with Crippen LogP contribution in [0.4, 0.5) is 0 Å². The van der Waals surface area contributed by atoms with Crippen LogP contribution in [0.3, 0.4) is 0 Å². The highest BCUT2D eigenvalue weighted by atomic mass is 16.4. The van der Waals surface area contributed by atoms with Crippen molar-refractivity contribution < 1.29 is 9.90 Å². The van der Waals surface area contributed by atoms with Gasteiger partial charge in [0.15, 0.2) is 0 Å². The molecule has 0 saturated heterocycles. The SMILES string of the molecule is CC(c1ccnn1C)N(C)CCC(=O)O. The molecular weight excluding hydrogens is 194 g/mol. The van der Waals surface area contributed by atoms with Gasteiger partial charge in [0.2, 0.25) is 0 Å².